The lowest BCUT2D eigenvalue weighted by Crippen LogP contribution is -2.53. The van der Waals surface area contributed by atoms with E-state index < -0.39 is 5.60 Å². The maximum Gasteiger partial charge on any atom is 0.410 e. The zero-order chi connectivity index (χ0) is 19.6. The molecule has 1 unspecified atom stereocenters. The van der Waals surface area contributed by atoms with Crippen molar-refractivity contribution in [3.63, 3.8) is 0 Å². The first kappa shape index (κ1) is 19.7. The molecule has 1 heterocycles. The first-order valence-corrected chi connectivity index (χ1v) is 9.77. The Morgan fingerprint density at radius 1 is 1.07 bits per heavy atom. The lowest BCUT2D eigenvalue weighted by atomic mass is 10.1. The van der Waals surface area contributed by atoms with Gasteiger partial charge >= 0.3 is 12.1 Å². The normalized spacial score (nSPS) is 20.3. The van der Waals surface area contributed by atoms with Gasteiger partial charge < -0.3 is 14.4 Å². The lowest BCUT2D eigenvalue weighted by molar-refractivity contribution is 0.0107. The Hall–Kier alpha value is -2.08. The van der Waals surface area contributed by atoms with E-state index in [9.17, 15) is 9.59 Å². The fourth-order valence-electron chi connectivity index (χ4n) is 3.79. The van der Waals surface area contributed by atoms with Crippen molar-refractivity contribution in [1.29, 1.82) is 0 Å². The topological polar surface area (TPSA) is 59.1 Å². The average molecular weight is 374 g/mol. The number of ether oxygens (including phenoxy) is 2. The molecule has 2 aliphatic rings. The second-order valence-corrected chi connectivity index (χ2v) is 8.27. The molecular weight excluding hydrogens is 344 g/mol. The highest BCUT2D eigenvalue weighted by Crippen LogP contribution is 2.28. The molecule has 6 nitrogen and oxygen atoms in total. The Morgan fingerprint density at radius 2 is 1.74 bits per heavy atom. The summed E-state index contributed by atoms with van der Waals surface area (Å²) < 4.78 is 10.6. The highest BCUT2D eigenvalue weighted by atomic mass is 16.6. The van der Waals surface area contributed by atoms with Gasteiger partial charge in [0, 0.05) is 32.2 Å². The molecule has 27 heavy (non-hydrogen) atoms. The van der Waals surface area contributed by atoms with E-state index in [-0.39, 0.29) is 12.1 Å². The number of rotatable bonds is 3. The third-order valence-corrected chi connectivity index (χ3v) is 5.11. The van der Waals surface area contributed by atoms with Crippen molar-refractivity contribution in [2.24, 2.45) is 0 Å². The largest absolute Gasteiger partial charge is 0.462 e. The van der Waals surface area contributed by atoms with Gasteiger partial charge in [0.05, 0.1) is 12.2 Å². The van der Waals surface area contributed by atoms with Gasteiger partial charge in [-0.3, -0.25) is 4.90 Å². The molecule has 0 spiro atoms. The highest BCUT2D eigenvalue weighted by molar-refractivity contribution is 5.89. The van der Waals surface area contributed by atoms with Gasteiger partial charge in [0.25, 0.3) is 0 Å². The second-order valence-electron chi connectivity index (χ2n) is 8.27. The molecule has 1 saturated heterocycles. The number of hydrogen-bond acceptors (Lipinski definition) is 5. The summed E-state index contributed by atoms with van der Waals surface area (Å²) in [6.45, 7) is 11.0. The average Bonchev–Trinajstić information content (AvgIpc) is 3.04. The van der Waals surface area contributed by atoms with Crippen LogP contribution in [0.5, 0.6) is 0 Å². The molecule has 148 valence electrons. The maximum atomic E-state index is 12.2. The third-order valence-electron chi connectivity index (χ3n) is 5.11. The monoisotopic (exact) mass is 374 g/mol. The van der Waals surface area contributed by atoms with Gasteiger partial charge in [-0.25, -0.2) is 9.59 Å². The molecule has 1 aliphatic carbocycles. The molecule has 0 aromatic heterocycles. The van der Waals surface area contributed by atoms with Crippen molar-refractivity contribution in [3.8, 4) is 0 Å². The van der Waals surface area contributed by atoms with Crippen molar-refractivity contribution in [3.05, 3.63) is 34.9 Å². The number of fused-ring (bicyclic) bond motifs is 1. The van der Waals surface area contributed by atoms with E-state index >= 15 is 0 Å². The first-order valence-electron chi connectivity index (χ1n) is 9.77. The molecule has 1 aliphatic heterocycles. The lowest BCUT2D eigenvalue weighted by Gasteiger charge is -2.38. The number of benzene rings is 1. The number of piperazine rings is 1. The van der Waals surface area contributed by atoms with Crippen LogP contribution < -0.4 is 0 Å². The summed E-state index contributed by atoms with van der Waals surface area (Å²) in [7, 11) is 0. The Morgan fingerprint density at radius 3 is 2.37 bits per heavy atom. The van der Waals surface area contributed by atoms with E-state index in [0.29, 0.717) is 31.3 Å². The number of esters is 1. The molecule has 3 rings (SSSR count). The third kappa shape index (κ3) is 4.80. The summed E-state index contributed by atoms with van der Waals surface area (Å²) in [4.78, 5) is 28.4. The Kier molecular flexibility index (Phi) is 5.75. The van der Waals surface area contributed by atoms with E-state index in [4.69, 9.17) is 9.47 Å². The van der Waals surface area contributed by atoms with Crippen LogP contribution in [0.3, 0.4) is 0 Å². The molecule has 0 N–H and O–H groups in total. The van der Waals surface area contributed by atoms with Crippen molar-refractivity contribution in [2.75, 3.05) is 32.8 Å². The van der Waals surface area contributed by atoms with Crippen molar-refractivity contribution < 1.29 is 19.1 Å². The van der Waals surface area contributed by atoms with Crippen LogP contribution in [0.4, 0.5) is 4.79 Å². The summed E-state index contributed by atoms with van der Waals surface area (Å²) in [5, 5.41) is 0. The first-order chi connectivity index (χ1) is 12.8. The second kappa shape index (κ2) is 7.89. The molecule has 0 radical (unpaired) electrons. The summed E-state index contributed by atoms with van der Waals surface area (Å²) in [5.74, 6) is -0.255. The van der Waals surface area contributed by atoms with Crippen LogP contribution in [0.15, 0.2) is 18.2 Å². The van der Waals surface area contributed by atoms with E-state index in [2.05, 4.69) is 11.0 Å². The molecule has 1 aromatic rings. The zero-order valence-corrected chi connectivity index (χ0v) is 16.8. The van der Waals surface area contributed by atoms with Crippen molar-refractivity contribution in [2.45, 2.75) is 52.2 Å². The maximum absolute atomic E-state index is 12.2. The number of hydrogen-bond donors (Lipinski definition) is 0. The van der Waals surface area contributed by atoms with Gasteiger partial charge in [-0.1, -0.05) is 6.07 Å². The fraction of sp³-hybridized carbons (Fsp3) is 0.619. The molecular formula is C21H30N2O4. The minimum atomic E-state index is -0.460. The van der Waals surface area contributed by atoms with Crippen LogP contribution in [-0.4, -0.2) is 66.3 Å². The minimum absolute atomic E-state index is 0.226. The van der Waals surface area contributed by atoms with Gasteiger partial charge in [-0.05, 0) is 63.8 Å². The van der Waals surface area contributed by atoms with E-state index in [1.54, 1.807) is 4.90 Å². The predicted molar refractivity (Wildman–Crippen MR) is 103 cm³/mol. The Balaban J connectivity index is 1.55. The smallest absolute Gasteiger partial charge is 0.410 e. The minimum Gasteiger partial charge on any atom is -0.462 e. The standard InChI is InChI=1S/C21H30N2O4/c1-5-26-19(24)16-7-6-15-13-18(14-17(15)12-16)22-8-10-23(11-9-22)20(25)27-21(2,3)4/h6-7,12,18H,5,8-11,13-14H2,1-4H3. The molecule has 1 fully saturated rings. The van der Waals surface area contributed by atoms with Gasteiger partial charge in [0.2, 0.25) is 0 Å². The Labute approximate surface area is 161 Å². The molecule has 0 saturated carbocycles. The van der Waals surface area contributed by atoms with Crippen LogP contribution in [0.25, 0.3) is 0 Å². The number of carbonyl (C=O) groups excluding carboxylic acids is 2. The number of amides is 1. The zero-order valence-electron chi connectivity index (χ0n) is 16.8. The van der Waals surface area contributed by atoms with Crippen LogP contribution in [-0.2, 0) is 22.3 Å². The van der Waals surface area contributed by atoms with Gasteiger partial charge in [0.15, 0.2) is 0 Å². The summed E-state index contributed by atoms with van der Waals surface area (Å²) in [5.41, 5.74) is 2.71. The molecule has 1 aromatic carbocycles. The van der Waals surface area contributed by atoms with E-state index in [1.165, 1.54) is 11.1 Å². The van der Waals surface area contributed by atoms with Crippen LogP contribution in [0, 0.1) is 0 Å². The Bertz CT molecular complexity index is 703. The number of nitrogens with zero attached hydrogens (tertiary/aromatic N) is 2. The van der Waals surface area contributed by atoms with E-state index in [1.807, 2.05) is 39.8 Å². The molecule has 6 heteroatoms. The van der Waals surface area contributed by atoms with Gasteiger partial charge in [-0.2, -0.15) is 0 Å². The van der Waals surface area contributed by atoms with Gasteiger partial charge in [0.1, 0.15) is 5.60 Å². The molecule has 1 amide bonds. The van der Waals surface area contributed by atoms with Crippen LogP contribution >= 0.6 is 0 Å². The van der Waals surface area contributed by atoms with Crippen molar-refractivity contribution >= 4 is 12.1 Å². The summed E-state index contributed by atoms with van der Waals surface area (Å²) >= 11 is 0. The predicted octanol–water partition coefficient (Wildman–Crippen LogP) is 2.88. The summed E-state index contributed by atoms with van der Waals surface area (Å²) in [6, 6.07) is 6.32. The summed E-state index contributed by atoms with van der Waals surface area (Å²) in [6.07, 6.45) is 1.70. The van der Waals surface area contributed by atoms with E-state index in [0.717, 1.165) is 25.9 Å². The SMILES string of the molecule is CCOC(=O)c1ccc2c(c1)CC(N1CCN(C(=O)OC(C)(C)C)CC1)C2. The van der Waals surface area contributed by atoms with Gasteiger partial charge in [-0.15, -0.1) is 0 Å². The number of carbonyl (C=O) groups is 2. The quantitative estimate of drug-likeness (QED) is 0.762. The highest BCUT2D eigenvalue weighted by Gasteiger charge is 2.32. The van der Waals surface area contributed by atoms with Crippen LogP contribution in [0.1, 0.15) is 49.2 Å². The van der Waals surface area contributed by atoms with Crippen LogP contribution in [0.2, 0.25) is 0 Å². The molecule has 1 atom stereocenters. The molecule has 0 bridgehead atoms. The fourth-order valence-corrected chi connectivity index (χ4v) is 3.79. The van der Waals surface area contributed by atoms with Crippen molar-refractivity contribution in [1.82, 2.24) is 9.80 Å².